The summed E-state index contributed by atoms with van der Waals surface area (Å²) >= 11 is 0. The first-order chi connectivity index (χ1) is 13.1. The summed E-state index contributed by atoms with van der Waals surface area (Å²) in [5.74, 6) is 0.666. The fourth-order valence-electron chi connectivity index (χ4n) is 4.49. The molecule has 1 aliphatic carbocycles. The minimum absolute atomic E-state index is 0.240. The minimum atomic E-state index is -0.297. The van der Waals surface area contributed by atoms with Gasteiger partial charge in [-0.3, -0.25) is 9.59 Å². The van der Waals surface area contributed by atoms with Crippen molar-refractivity contribution >= 4 is 11.6 Å². The maximum Gasteiger partial charge on any atom is 0.162 e. The Morgan fingerprint density at radius 1 is 0.778 bits per heavy atom. The number of carbonyl (C=O) groups excluding carboxylic acids is 2. The molecule has 0 heterocycles. The lowest BCUT2D eigenvalue weighted by molar-refractivity contribution is -0.126. The molecule has 0 aliphatic heterocycles. The van der Waals surface area contributed by atoms with E-state index in [0.29, 0.717) is 18.6 Å². The molecule has 1 aromatic rings. The molecule has 0 aromatic heterocycles. The van der Waals surface area contributed by atoms with Crippen molar-refractivity contribution in [3.63, 3.8) is 0 Å². The molecule has 1 aromatic carbocycles. The molecule has 1 saturated carbocycles. The van der Waals surface area contributed by atoms with E-state index in [1.165, 1.54) is 19.3 Å². The Morgan fingerprint density at radius 2 is 1.37 bits per heavy atom. The summed E-state index contributed by atoms with van der Waals surface area (Å²) in [4.78, 5) is 25.6. The van der Waals surface area contributed by atoms with Crippen LogP contribution < -0.4 is 0 Å². The van der Waals surface area contributed by atoms with Gasteiger partial charge in [-0.2, -0.15) is 0 Å². The second-order valence-electron chi connectivity index (χ2n) is 8.33. The standard InChI is InChI=1S/C25H38O2/c1-3-5-7-10-13-23(26)21-15-17-22(18-16-21)25(19-11-8-12-20-25)24(27)14-9-6-4-2/h15-18H,3-14,19-20H2,1-2H3. The Hall–Kier alpha value is -1.44. The lowest BCUT2D eigenvalue weighted by Crippen LogP contribution is -2.38. The maximum atomic E-state index is 13.2. The van der Waals surface area contributed by atoms with E-state index in [9.17, 15) is 9.59 Å². The minimum Gasteiger partial charge on any atom is -0.299 e. The molecule has 1 aliphatic rings. The van der Waals surface area contributed by atoms with Crippen molar-refractivity contribution in [2.45, 2.75) is 109 Å². The highest BCUT2D eigenvalue weighted by atomic mass is 16.1. The molecule has 0 radical (unpaired) electrons. The summed E-state index contributed by atoms with van der Waals surface area (Å²) in [6.07, 6.45) is 14.6. The summed E-state index contributed by atoms with van der Waals surface area (Å²) in [7, 11) is 0. The van der Waals surface area contributed by atoms with Crippen molar-refractivity contribution < 1.29 is 9.59 Å². The molecular formula is C25H38O2. The molecule has 0 saturated heterocycles. The van der Waals surface area contributed by atoms with Crippen LogP contribution in [-0.2, 0) is 10.2 Å². The number of rotatable bonds is 12. The molecule has 1 fully saturated rings. The second-order valence-corrected chi connectivity index (χ2v) is 8.33. The zero-order valence-electron chi connectivity index (χ0n) is 17.5. The van der Waals surface area contributed by atoms with E-state index in [1.54, 1.807) is 0 Å². The van der Waals surface area contributed by atoms with Crippen LogP contribution in [-0.4, -0.2) is 11.6 Å². The van der Waals surface area contributed by atoms with Crippen molar-refractivity contribution in [1.82, 2.24) is 0 Å². The SMILES string of the molecule is CCCCCCC(=O)c1ccc(C2(C(=O)CCCCC)CCCCC2)cc1. The maximum absolute atomic E-state index is 13.2. The monoisotopic (exact) mass is 370 g/mol. The van der Waals surface area contributed by atoms with Gasteiger partial charge in [-0.15, -0.1) is 0 Å². The number of hydrogen-bond donors (Lipinski definition) is 0. The molecule has 0 bridgehead atoms. The molecule has 0 amide bonds. The van der Waals surface area contributed by atoms with Gasteiger partial charge in [-0.05, 0) is 31.2 Å². The van der Waals surface area contributed by atoms with Crippen molar-refractivity contribution in [2.75, 3.05) is 0 Å². The summed E-state index contributed by atoms with van der Waals surface area (Å²) in [6, 6.07) is 8.07. The number of benzene rings is 1. The van der Waals surface area contributed by atoms with Crippen LogP contribution in [0.1, 0.15) is 120 Å². The zero-order chi connectivity index (χ0) is 19.5. The van der Waals surface area contributed by atoms with E-state index in [-0.39, 0.29) is 11.2 Å². The first-order valence-corrected chi connectivity index (χ1v) is 11.3. The molecule has 0 unspecified atom stereocenters. The van der Waals surface area contributed by atoms with Gasteiger partial charge < -0.3 is 0 Å². The number of ketones is 2. The topological polar surface area (TPSA) is 34.1 Å². The second kappa shape index (κ2) is 11.4. The van der Waals surface area contributed by atoms with Gasteiger partial charge in [0.25, 0.3) is 0 Å². The third-order valence-corrected chi connectivity index (χ3v) is 6.27. The molecule has 0 atom stereocenters. The van der Waals surface area contributed by atoms with Gasteiger partial charge in [-0.25, -0.2) is 0 Å². The number of hydrogen-bond acceptors (Lipinski definition) is 2. The highest BCUT2D eigenvalue weighted by Crippen LogP contribution is 2.41. The average molecular weight is 371 g/mol. The molecule has 0 spiro atoms. The van der Waals surface area contributed by atoms with E-state index in [2.05, 4.69) is 26.0 Å². The molecule has 2 rings (SSSR count). The van der Waals surface area contributed by atoms with Crippen molar-refractivity contribution in [3.05, 3.63) is 35.4 Å². The lowest BCUT2D eigenvalue weighted by atomic mass is 9.65. The largest absolute Gasteiger partial charge is 0.299 e. The van der Waals surface area contributed by atoms with E-state index < -0.39 is 0 Å². The van der Waals surface area contributed by atoms with Crippen molar-refractivity contribution in [1.29, 1.82) is 0 Å². The van der Waals surface area contributed by atoms with Gasteiger partial charge >= 0.3 is 0 Å². The quantitative estimate of drug-likeness (QED) is 0.288. The van der Waals surface area contributed by atoms with E-state index in [4.69, 9.17) is 0 Å². The Morgan fingerprint density at radius 3 is 2.00 bits per heavy atom. The Labute approximate surface area is 166 Å². The number of carbonyl (C=O) groups is 2. The van der Waals surface area contributed by atoms with Crippen LogP contribution in [0.3, 0.4) is 0 Å². The van der Waals surface area contributed by atoms with Gasteiger partial charge in [0.1, 0.15) is 5.78 Å². The van der Waals surface area contributed by atoms with Crippen LogP contribution >= 0.6 is 0 Å². The van der Waals surface area contributed by atoms with E-state index in [1.807, 2.05) is 12.1 Å². The highest BCUT2D eigenvalue weighted by Gasteiger charge is 2.40. The predicted molar refractivity (Wildman–Crippen MR) is 113 cm³/mol. The third kappa shape index (κ3) is 6.02. The van der Waals surface area contributed by atoms with E-state index in [0.717, 1.165) is 68.9 Å². The van der Waals surface area contributed by atoms with Gasteiger partial charge in [0, 0.05) is 18.4 Å². The first-order valence-electron chi connectivity index (χ1n) is 11.3. The normalized spacial score (nSPS) is 16.2. The predicted octanol–water partition coefficient (Wildman–Crippen LogP) is 7.19. The van der Waals surface area contributed by atoms with Gasteiger partial charge in [0.05, 0.1) is 5.41 Å². The fourth-order valence-corrected chi connectivity index (χ4v) is 4.49. The van der Waals surface area contributed by atoms with Crippen LogP contribution in [0.5, 0.6) is 0 Å². The number of Topliss-reactive ketones (excluding diaryl/α,β-unsaturated/α-hetero) is 2. The fraction of sp³-hybridized carbons (Fsp3) is 0.680. The van der Waals surface area contributed by atoms with Crippen LogP contribution in [0.2, 0.25) is 0 Å². The van der Waals surface area contributed by atoms with Gasteiger partial charge in [0.15, 0.2) is 5.78 Å². The molecule has 150 valence electrons. The van der Waals surface area contributed by atoms with Crippen molar-refractivity contribution in [2.24, 2.45) is 0 Å². The number of unbranched alkanes of at least 4 members (excludes halogenated alkanes) is 5. The molecule has 2 heteroatoms. The lowest BCUT2D eigenvalue weighted by Gasteiger charge is -2.36. The van der Waals surface area contributed by atoms with E-state index >= 15 is 0 Å². The first kappa shape index (κ1) is 21.9. The van der Waals surface area contributed by atoms with Gasteiger partial charge in [-0.1, -0.05) is 89.5 Å². The highest BCUT2D eigenvalue weighted by molar-refractivity contribution is 5.96. The summed E-state index contributed by atoms with van der Waals surface area (Å²) < 4.78 is 0. The van der Waals surface area contributed by atoms with Crippen molar-refractivity contribution in [3.8, 4) is 0 Å². The van der Waals surface area contributed by atoms with Crippen LogP contribution in [0.4, 0.5) is 0 Å². The molecular weight excluding hydrogens is 332 g/mol. The van der Waals surface area contributed by atoms with Gasteiger partial charge in [0.2, 0.25) is 0 Å². The Bertz CT molecular complexity index is 579. The summed E-state index contributed by atoms with van der Waals surface area (Å²) in [5.41, 5.74) is 1.65. The summed E-state index contributed by atoms with van der Waals surface area (Å²) in [6.45, 7) is 4.37. The van der Waals surface area contributed by atoms with Crippen LogP contribution in [0.15, 0.2) is 24.3 Å². The van der Waals surface area contributed by atoms with Crippen LogP contribution in [0, 0.1) is 0 Å². The molecule has 2 nitrogen and oxygen atoms in total. The van der Waals surface area contributed by atoms with Crippen LogP contribution in [0.25, 0.3) is 0 Å². The smallest absolute Gasteiger partial charge is 0.162 e. The molecule has 27 heavy (non-hydrogen) atoms. The Kier molecular flexibility index (Phi) is 9.24. The molecule has 0 N–H and O–H groups in total. The third-order valence-electron chi connectivity index (χ3n) is 6.27. The Balaban J connectivity index is 2.07. The average Bonchev–Trinajstić information content (AvgIpc) is 2.71. The summed E-state index contributed by atoms with van der Waals surface area (Å²) in [5, 5.41) is 0. The zero-order valence-corrected chi connectivity index (χ0v) is 17.5.